The van der Waals surface area contributed by atoms with Crippen molar-refractivity contribution in [3.63, 3.8) is 0 Å². The lowest BCUT2D eigenvalue weighted by molar-refractivity contribution is -0.154. The van der Waals surface area contributed by atoms with E-state index in [1.807, 2.05) is 0 Å². The number of anilines is 1. The molecule has 2 N–H and O–H groups in total. The van der Waals surface area contributed by atoms with Crippen LogP contribution in [0, 0.1) is 0 Å². The molecule has 3 rings (SSSR count). The van der Waals surface area contributed by atoms with E-state index in [1.54, 1.807) is 0 Å². The van der Waals surface area contributed by atoms with Crippen molar-refractivity contribution in [3.05, 3.63) is 29.3 Å². The van der Waals surface area contributed by atoms with Crippen LogP contribution in [0.15, 0.2) is 23.6 Å². The van der Waals surface area contributed by atoms with Crippen LogP contribution in [0.3, 0.4) is 0 Å². The van der Waals surface area contributed by atoms with Crippen LogP contribution in [-0.2, 0) is 30.3 Å². The van der Waals surface area contributed by atoms with E-state index in [2.05, 4.69) is 16.5 Å². The lowest BCUT2D eigenvalue weighted by Crippen LogP contribution is -2.37. The minimum atomic E-state index is -1.85. The maximum absolute atomic E-state index is 15.0. The Balaban J connectivity index is 2.12. The van der Waals surface area contributed by atoms with Gasteiger partial charge in [-0.2, -0.15) is 4.98 Å². The van der Waals surface area contributed by atoms with Crippen molar-refractivity contribution in [2.75, 3.05) is 12.3 Å². The number of ether oxygens (including phenoxy) is 3. The highest BCUT2D eigenvalue weighted by Crippen LogP contribution is 2.35. The average Bonchev–Trinajstić information content (AvgIpc) is 3.08. The summed E-state index contributed by atoms with van der Waals surface area (Å²) in [7, 11) is 0. The molecule has 0 saturated carbocycles. The zero-order chi connectivity index (χ0) is 21.3. The van der Waals surface area contributed by atoms with Gasteiger partial charge in [-0.1, -0.05) is 6.08 Å². The summed E-state index contributed by atoms with van der Waals surface area (Å²) in [6.45, 7) is 5.58. The molecule has 2 aromatic rings. The Kier molecular flexibility index (Phi) is 5.64. The van der Waals surface area contributed by atoms with Crippen LogP contribution in [0.4, 0.5) is 10.3 Å². The van der Waals surface area contributed by atoms with E-state index in [9.17, 15) is 18.8 Å². The lowest BCUT2D eigenvalue weighted by Gasteiger charge is -2.19. The number of aromatic nitrogens is 4. The second-order valence-corrected chi connectivity index (χ2v) is 6.38. The summed E-state index contributed by atoms with van der Waals surface area (Å²) < 4.78 is 32.9. The lowest BCUT2D eigenvalue weighted by atomic mass is 10.1. The molecule has 0 amide bonds. The molecule has 1 aliphatic heterocycles. The van der Waals surface area contributed by atoms with Gasteiger partial charge >= 0.3 is 17.6 Å². The fraction of sp³-hybridized carbons (Fsp3) is 0.471. The maximum Gasteiger partial charge on any atom is 0.332 e. The normalized spacial score (nSPS) is 23.8. The number of esters is 2. The van der Waals surface area contributed by atoms with Crippen molar-refractivity contribution >= 4 is 29.1 Å². The van der Waals surface area contributed by atoms with Crippen LogP contribution in [0.5, 0.6) is 0 Å². The number of rotatable bonds is 6. The molecule has 4 atom stereocenters. The van der Waals surface area contributed by atoms with Crippen LogP contribution >= 0.6 is 0 Å². The van der Waals surface area contributed by atoms with Crippen LogP contribution in [0.2, 0.25) is 0 Å². The SMILES string of the molecule is C=CCn1c(=O)n([C@H]2O[C@H](COC(C)=O)[C@@H](F)[C@H]2OC(C)=O)c2nc(N)ncc21. The summed E-state index contributed by atoms with van der Waals surface area (Å²) in [5.74, 6) is -1.51. The van der Waals surface area contributed by atoms with E-state index in [-0.39, 0.29) is 18.1 Å². The summed E-state index contributed by atoms with van der Waals surface area (Å²) in [6.07, 6.45) is -3.10. The Morgan fingerprint density at radius 3 is 2.76 bits per heavy atom. The molecule has 0 spiro atoms. The monoisotopic (exact) mass is 409 g/mol. The molecule has 2 aromatic heterocycles. The van der Waals surface area contributed by atoms with Crippen LogP contribution in [0.25, 0.3) is 11.2 Å². The summed E-state index contributed by atoms with van der Waals surface area (Å²) >= 11 is 0. The first kappa shape index (κ1) is 20.5. The van der Waals surface area contributed by atoms with E-state index in [4.69, 9.17) is 19.9 Å². The van der Waals surface area contributed by atoms with Crippen LogP contribution < -0.4 is 11.4 Å². The van der Waals surface area contributed by atoms with Gasteiger partial charge in [-0.25, -0.2) is 18.7 Å². The van der Waals surface area contributed by atoms with Gasteiger partial charge in [0, 0.05) is 20.4 Å². The third-order valence-corrected chi connectivity index (χ3v) is 4.31. The fourth-order valence-corrected chi connectivity index (χ4v) is 3.16. The van der Waals surface area contributed by atoms with E-state index >= 15 is 0 Å². The molecule has 156 valence electrons. The molecule has 0 unspecified atom stereocenters. The largest absolute Gasteiger partial charge is 0.463 e. The number of imidazole rings is 1. The average molecular weight is 409 g/mol. The molecule has 1 aliphatic rings. The molecule has 1 saturated heterocycles. The predicted molar refractivity (Wildman–Crippen MR) is 97.4 cm³/mol. The molecule has 12 heteroatoms. The van der Waals surface area contributed by atoms with Gasteiger partial charge in [0.25, 0.3) is 0 Å². The van der Waals surface area contributed by atoms with E-state index in [0.29, 0.717) is 5.52 Å². The van der Waals surface area contributed by atoms with Crippen molar-refractivity contribution in [2.45, 2.75) is 45.0 Å². The van der Waals surface area contributed by atoms with Gasteiger partial charge in [-0.15, -0.1) is 6.58 Å². The smallest absolute Gasteiger partial charge is 0.332 e. The number of carbonyl (C=O) groups is 2. The number of fused-ring (bicyclic) bond motifs is 1. The first-order valence-corrected chi connectivity index (χ1v) is 8.68. The zero-order valence-electron chi connectivity index (χ0n) is 15.8. The van der Waals surface area contributed by atoms with E-state index in [0.717, 1.165) is 18.4 Å². The Morgan fingerprint density at radius 1 is 1.41 bits per heavy atom. The summed E-state index contributed by atoms with van der Waals surface area (Å²) in [4.78, 5) is 43.6. The maximum atomic E-state index is 15.0. The molecule has 0 aromatic carbocycles. The molecular formula is C17H20FN5O6. The highest BCUT2D eigenvalue weighted by Gasteiger charge is 2.50. The van der Waals surface area contributed by atoms with E-state index in [1.165, 1.54) is 16.8 Å². The predicted octanol–water partition coefficient (Wildman–Crippen LogP) is 0.0915. The standard InChI is InChI=1S/C17H20FN5O6/c1-4-5-22-10-6-20-16(19)21-14(10)23(17(22)26)15-13(28-9(3)25)12(18)11(29-15)7-27-8(2)24/h4,6,11-13,15H,1,5,7H2,2-3H3,(H2,19,20,21)/t11-,12-,13-,15+/m1/s1. The van der Waals surface area contributed by atoms with Crippen molar-refractivity contribution in [1.82, 2.24) is 19.1 Å². The van der Waals surface area contributed by atoms with Crippen molar-refractivity contribution < 1.29 is 28.2 Å². The third kappa shape index (κ3) is 3.83. The molecular weight excluding hydrogens is 389 g/mol. The summed E-state index contributed by atoms with van der Waals surface area (Å²) in [5.41, 5.74) is 5.43. The molecule has 0 radical (unpaired) electrons. The highest BCUT2D eigenvalue weighted by molar-refractivity contribution is 5.72. The first-order chi connectivity index (χ1) is 13.7. The molecule has 3 heterocycles. The number of halogens is 1. The number of hydrogen-bond acceptors (Lipinski definition) is 9. The van der Waals surface area contributed by atoms with Crippen LogP contribution in [0.1, 0.15) is 20.1 Å². The fourth-order valence-electron chi connectivity index (χ4n) is 3.16. The second-order valence-electron chi connectivity index (χ2n) is 6.38. The Bertz CT molecular complexity index is 1020. The number of carbonyl (C=O) groups excluding carboxylic acids is 2. The molecule has 0 bridgehead atoms. The summed E-state index contributed by atoms with van der Waals surface area (Å²) in [6, 6.07) is 0. The number of allylic oxidation sites excluding steroid dienone is 1. The van der Waals surface area contributed by atoms with Gasteiger partial charge in [0.1, 0.15) is 18.2 Å². The first-order valence-electron chi connectivity index (χ1n) is 8.68. The van der Waals surface area contributed by atoms with Gasteiger partial charge in [-0.05, 0) is 0 Å². The second kappa shape index (κ2) is 7.99. The number of nitrogens with two attached hydrogens (primary N) is 1. The Morgan fingerprint density at radius 2 is 2.14 bits per heavy atom. The van der Waals surface area contributed by atoms with Gasteiger partial charge in [0.2, 0.25) is 5.95 Å². The number of nitrogen functional groups attached to an aromatic ring is 1. The van der Waals surface area contributed by atoms with Gasteiger partial charge < -0.3 is 19.9 Å². The Labute approximate surface area is 163 Å². The van der Waals surface area contributed by atoms with Gasteiger partial charge in [-0.3, -0.25) is 14.2 Å². The van der Waals surface area contributed by atoms with E-state index < -0.39 is 48.8 Å². The molecule has 29 heavy (non-hydrogen) atoms. The molecule has 0 aliphatic carbocycles. The topological polar surface area (TPSA) is 141 Å². The zero-order valence-corrected chi connectivity index (χ0v) is 15.8. The third-order valence-electron chi connectivity index (χ3n) is 4.31. The molecule has 1 fully saturated rings. The van der Waals surface area contributed by atoms with Crippen molar-refractivity contribution in [3.8, 4) is 0 Å². The number of alkyl halides is 1. The number of hydrogen-bond donors (Lipinski definition) is 1. The van der Waals surface area contributed by atoms with Crippen LogP contribution in [-0.4, -0.2) is 56.0 Å². The molecule has 11 nitrogen and oxygen atoms in total. The number of nitrogens with zero attached hydrogens (tertiary/aromatic N) is 4. The minimum absolute atomic E-state index is 0.0758. The quantitative estimate of drug-likeness (QED) is 0.519. The van der Waals surface area contributed by atoms with Crippen molar-refractivity contribution in [1.29, 1.82) is 0 Å². The van der Waals surface area contributed by atoms with Gasteiger partial charge in [0.15, 0.2) is 24.2 Å². The summed E-state index contributed by atoms with van der Waals surface area (Å²) in [5, 5.41) is 0. The highest BCUT2D eigenvalue weighted by atomic mass is 19.1. The van der Waals surface area contributed by atoms with Crippen molar-refractivity contribution in [2.24, 2.45) is 0 Å². The van der Waals surface area contributed by atoms with Gasteiger partial charge in [0.05, 0.1) is 6.20 Å². The Hall–Kier alpha value is -3.28. The minimum Gasteiger partial charge on any atom is -0.463 e.